The van der Waals surface area contributed by atoms with Crippen molar-refractivity contribution in [1.29, 1.82) is 0 Å². The van der Waals surface area contributed by atoms with E-state index in [9.17, 15) is 22.4 Å². The summed E-state index contributed by atoms with van der Waals surface area (Å²) in [5.41, 5.74) is 6.61. The Morgan fingerprint density at radius 3 is 2.59 bits per heavy atom. The molecule has 5 rings (SSSR count). The van der Waals surface area contributed by atoms with Crippen molar-refractivity contribution in [1.82, 2.24) is 24.1 Å². The zero-order valence-electron chi connectivity index (χ0n) is 19.1. The van der Waals surface area contributed by atoms with E-state index in [0.717, 1.165) is 29.2 Å². The van der Waals surface area contributed by atoms with Gasteiger partial charge < -0.3 is 10.3 Å². The molecule has 0 unspecified atom stereocenters. The number of imidazole rings is 2. The predicted octanol–water partition coefficient (Wildman–Crippen LogP) is 4.55. The Morgan fingerprint density at radius 1 is 1.08 bits per heavy atom. The average Bonchev–Trinajstić information content (AvgIpc) is 3.48. The van der Waals surface area contributed by atoms with Gasteiger partial charge in [-0.25, -0.2) is 14.5 Å². The van der Waals surface area contributed by atoms with Crippen molar-refractivity contribution < 1.29 is 22.4 Å². The first kappa shape index (κ1) is 23.7. The summed E-state index contributed by atoms with van der Waals surface area (Å²) in [6.45, 7) is 1.71. The summed E-state index contributed by atoms with van der Waals surface area (Å²) in [4.78, 5) is 20.0. The number of hydrogen-bond acceptors (Lipinski definition) is 4. The van der Waals surface area contributed by atoms with Gasteiger partial charge in [0.25, 0.3) is 0 Å². The molecule has 0 aliphatic carbocycles. The smallest absolute Gasteiger partial charge is 0.366 e. The molecule has 5 aromatic rings. The topological polar surface area (TPSA) is 91.1 Å². The molecule has 7 nitrogen and oxygen atoms in total. The van der Waals surface area contributed by atoms with Crippen LogP contribution >= 0.6 is 0 Å². The number of rotatable bonds is 3. The SMILES string of the molecule is Cc1ccc(C(N)=O)c(-c2cc(-n3cnc(F)c3)cc(C(F)(F)F)c2)c1C#Cc1cnc2cccnn12. The van der Waals surface area contributed by atoms with Crippen LogP contribution in [0.2, 0.25) is 0 Å². The number of benzene rings is 2. The van der Waals surface area contributed by atoms with Crippen LogP contribution in [0.4, 0.5) is 17.6 Å². The highest BCUT2D eigenvalue weighted by atomic mass is 19.4. The summed E-state index contributed by atoms with van der Waals surface area (Å²) in [6.07, 6.45) is 0.349. The molecule has 3 heterocycles. The Hall–Kier alpha value is -4.98. The average molecular weight is 504 g/mol. The fourth-order valence-corrected chi connectivity index (χ4v) is 3.92. The van der Waals surface area contributed by atoms with Crippen molar-refractivity contribution in [2.75, 3.05) is 0 Å². The van der Waals surface area contributed by atoms with Gasteiger partial charge in [0, 0.05) is 28.6 Å². The number of aromatic nitrogens is 5. The number of hydrogen-bond donors (Lipinski definition) is 1. The molecule has 0 atom stereocenters. The molecule has 0 saturated heterocycles. The third-order valence-electron chi connectivity index (χ3n) is 5.66. The number of halogens is 4. The fraction of sp³-hybridized carbons (Fsp3) is 0.0769. The van der Waals surface area contributed by atoms with Gasteiger partial charge in [-0.15, -0.1) is 0 Å². The second-order valence-corrected chi connectivity index (χ2v) is 8.10. The molecular formula is C26H16F4N6O. The predicted molar refractivity (Wildman–Crippen MR) is 126 cm³/mol. The normalized spacial score (nSPS) is 11.4. The third kappa shape index (κ3) is 4.52. The van der Waals surface area contributed by atoms with Crippen LogP contribution in [0.1, 0.15) is 32.7 Å². The third-order valence-corrected chi connectivity index (χ3v) is 5.66. The standard InChI is InChI=1S/C26H16F4N6O/c1-15-4-6-21(25(31)37)24(20(15)7-5-18-12-32-23-3-2-8-34-36(18)23)16-9-17(26(28,29)30)11-19(10-16)35-13-22(27)33-14-35/h2-4,6,8-14H,1H3,(H2,31,37). The van der Waals surface area contributed by atoms with Crippen LogP contribution < -0.4 is 5.73 Å². The number of primary amides is 1. The van der Waals surface area contributed by atoms with Gasteiger partial charge in [0.05, 0.1) is 18.0 Å². The first-order chi connectivity index (χ1) is 17.6. The fourth-order valence-electron chi connectivity index (χ4n) is 3.92. The van der Waals surface area contributed by atoms with E-state index in [2.05, 4.69) is 26.9 Å². The van der Waals surface area contributed by atoms with Crippen molar-refractivity contribution in [3.63, 3.8) is 0 Å². The van der Waals surface area contributed by atoms with E-state index >= 15 is 0 Å². The first-order valence-electron chi connectivity index (χ1n) is 10.8. The second kappa shape index (κ2) is 8.91. The number of amides is 1. The van der Waals surface area contributed by atoms with Crippen molar-refractivity contribution in [3.8, 4) is 28.7 Å². The Morgan fingerprint density at radius 2 is 1.89 bits per heavy atom. The van der Waals surface area contributed by atoms with Crippen molar-refractivity contribution in [2.45, 2.75) is 13.1 Å². The molecule has 2 aromatic carbocycles. The van der Waals surface area contributed by atoms with Crippen LogP contribution in [0.15, 0.2) is 67.4 Å². The van der Waals surface area contributed by atoms with E-state index < -0.39 is 23.6 Å². The van der Waals surface area contributed by atoms with Gasteiger partial charge in [0.15, 0.2) is 5.65 Å². The minimum absolute atomic E-state index is 0.0111. The van der Waals surface area contributed by atoms with E-state index in [1.54, 1.807) is 31.3 Å². The van der Waals surface area contributed by atoms with Crippen LogP contribution in [0, 0.1) is 24.7 Å². The molecule has 2 N–H and O–H groups in total. The van der Waals surface area contributed by atoms with Gasteiger partial charge >= 0.3 is 6.18 Å². The Labute approximate surface area is 207 Å². The van der Waals surface area contributed by atoms with Gasteiger partial charge in [0.2, 0.25) is 11.9 Å². The summed E-state index contributed by atoms with van der Waals surface area (Å²) in [5, 5.41) is 4.20. The quantitative estimate of drug-likeness (QED) is 0.288. The van der Waals surface area contributed by atoms with Crippen LogP contribution in [0.3, 0.4) is 0 Å². The monoisotopic (exact) mass is 504 g/mol. The lowest BCUT2D eigenvalue weighted by Gasteiger charge is -2.17. The number of carbonyl (C=O) groups is 1. The van der Waals surface area contributed by atoms with E-state index in [1.807, 2.05) is 0 Å². The van der Waals surface area contributed by atoms with Gasteiger partial charge in [-0.1, -0.05) is 12.0 Å². The molecule has 0 fully saturated rings. The number of alkyl halides is 3. The van der Waals surface area contributed by atoms with Gasteiger partial charge in [-0.05, 0) is 60.4 Å². The summed E-state index contributed by atoms with van der Waals surface area (Å²) in [5.74, 6) is 4.21. The molecule has 0 spiro atoms. The molecule has 37 heavy (non-hydrogen) atoms. The lowest BCUT2D eigenvalue weighted by atomic mass is 9.89. The molecule has 3 aromatic heterocycles. The highest BCUT2D eigenvalue weighted by Crippen LogP contribution is 2.37. The van der Waals surface area contributed by atoms with Crippen LogP contribution in [-0.2, 0) is 6.18 Å². The van der Waals surface area contributed by atoms with Crippen LogP contribution in [0.5, 0.6) is 0 Å². The first-order valence-corrected chi connectivity index (χ1v) is 10.8. The molecule has 0 aliphatic heterocycles. The largest absolute Gasteiger partial charge is 0.416 e. The molecule has 0 radical (unpaired) electrons. The van der Waals surface area contributed by atoms with E-state index in [1.165, 1.54) is 22.8 Å². The summed E-state index contributed by atoms with van der Waals surface area (Å²) >= 11 is 0. The minimum atomic E-state index is -4.73. The second-order valence-electron chi connectivity index (χ2n) is 8.10. The number of nitrogens with zero attached hydrogens (tertiary/aromatic N) is 5. The summed E-state index contributed by atoms with van der Waals surface area (Å²) in [7, 11) is 0. The van der Waals surface area contributed by atoms with Gasteiger partial charge in [-0.3, -0.25) is 4.79 Å². The number of aryl methyl sites for hydroxylation is 1. The van der Waals surface area contributed by atoms with Crippen molar-refractivity contribution >= 4 is 11.6 Å². The zero-order valence-corrected chi connectivity index (χ0v) is 19.1. The van der Waals surface area contributed by atoms with Crippen molar-refractivity contribution in [2.24, 2.45) is 5.73 Å². The molecule has 11 heteroatoms. The molecule has 0 bridgehead atoms. The Bertz CT molecular complexity index is 1740. The maximum atomic E-state index is 13.9. The van der Waals surface area contributed by atoms with Crippen molar-refractivity contribution in [3.05, 3.63) is 101 Å². The minimum Gasteiger partial charge on any atom is -0.366 e. The molecule has 0 saturated carbocycles. The lowest BCUT2D eigenvalue weighted by Crippen LogP contribution is -2.14. The maximum absolute atomic E-state index is 13.9. The van der Waals surface area contributed by atoms with Gasteiger partial charge in [-0.2, -0.15) is 22.7 Å². The zero-order chi connectivity index (χ0) is 26.3. The van der Waals surface area contributed by atoms with E-state index in [4.69, 9.17) is 5.73 Å². The number of fused-ring (bicyclic) bond motifs is 1. The summed E-state index contributed by atoms with van der Waals surface area (Å²) < 4.78 is 57.8. The highest BCUT2D eigenvalue weighted by molar-refractivity contribution is 6.02. The van der Waals surface area contributed by atoms with Crippen LogP contribution in [0.25, 0.3) is 22.5 Å². The number of nitrogens with two attached hydrogens (primary N) is 1. The molecule has 1 amide bonds. The highest BCUT2D eigenvalue weighted by Gasteiger charge is 2.32. The lowest BCUT2D eigenvalue weighted by molar-refractivity contribution is -0.137. The summed E-state index contributed by atoms with van der Waals surface area (Å²) in [6, 6.07) is 9.66. The van der Waals surface area contributed by atoms with E-state index in [0.29, 0.717) is 22.5 Å². The number of carbonyl (C=O) groups excluding carboxylic acids is 1. The van der Waals surface area contributed by atoms with Gasteiger partial charge in [0.1, 0.15) is 12.0 Å². The molecule has 0 aliphatic rings. The maximum Gasteiger partial charge on any atom is 0.416 e. The van der Waals surface area contributed by atoms with E-state index in [-0.39, 0.29) is 22.4 Å². The molecular weight excluding hydrogens is 488 g/mol. The Balaban J connectivity index is 1.78. The Kier molecular flexibility index (Phi) is 5.72. The van der Waals surface area contributed by atoms with Crippen LogP contribution in [-0.4, -0.2) is 30.1 Å². The molecule has 184 valence electrons.